The third-order valence-electron chi connectivity index (χ3n) is 3.69. The molecule has 1 heterocycles. The number of hydrogen-bond acceptors (Lipinski definition) is 6. The van der Waals surface area contributed by atoms with Crippen LogP contribution in [0.25, 0.3) is 0 Å². The summed E-state index contributed by atoms with van der Waals surface area (Å²) in [6.07, 6.45) is -4.52. The number of carbonyl (C=O) groups is 2. The average molecular weight is 471 g/mol. The Kier molecular flexibility index (Phi) is 5.37. The first kappa shape index (κ1) is 22.1. The minimum atomic E-state index is -6.25. The largest absolute Gasteiger partial charge is 0.525 e. The van der Waals surface area contributed by atoms with Crippen molar-refractivity contribution in [3.63, 3.8) is 0 Å². The first-order chi connectivity index (χ1) is 13.7. The molecule has 2 aromatic rings. The normalized spacial score (nSPS) is 14.9. The summed E-state index contributed by atoms with van der Waals surface area (Å²) in [7, 11) is -6.25. The molecule has 0 fully saturated rings. The van der Waals surface area contributed by atoms with Gasteiger partial charge in [-0.25, -0.2) is 0 Å². The van der Waals surface area contributed by atoms with E-state index in [-0.39, 0.29) is 4.90 Å². The van der Waals surface area contributed by atoms with Crippen molar-refractivity contribution in [2.24, 2.45) is 0 Å². The fourth-order valence-corrected chi connectivity index (χ4v) is 3.59. The van der Waals surface area contributed by atoms with Gasteiger partial charge >= 0.3 is 21.8 Å². The molecule has 0 atom stereocenters. The molecule has 1 aliphatic heterocycles. The molecule has 2 amide bonds. The quantitative estimate of drug-likeness (QED) is 0.377. The summed E-state index contributed by atoms with van der Waals surface area (Å²) in [5.41, 5.74) is -7.55. The van der Waals surface area contributed by atoms with Crippen molar-refractivity contribution in [3.05, 3.63) is 59.2 Å². The molecule has 0 saturated heterocycles. The van der Waals surface area contributed by atoms with E-state index in [0.29, 0.717) is 4.90 Å². The number of benzene rings is 2. The zero-order chi connectivity index (χ0) is 22.5. The molecule has 0 bridgehead atoms. The number of amides is 2. The zero-order valence-corrected chi connectivity index (χ0v) is 15.7. The summed E-state index contributed by atoms with van der Waals surface area (Å²) in [5.74, 6) is -2.84. The Hall–Kier alpha value is -2.58. The van der Waals surface area contributed by atoms with Crippen LogP contribution in [0.15, 0.2) is 52.3 Å². The standard InChI is InChI=1S/C16H7F6NO5S2/c17-15(18,19)8-1-3-9(4-2-8)29-10-5-6-11-12(7-10)14(25)23(13(11)24)28-30(26,27)16(20,21)22/h1-7H. The lowest BCUT2D eigenvalue weighted by atomic mass is 10.1. The molecule has 30 heavy (non-hydrogen) atoms. The topological polar surface area (TPSA) is 80.8 Å². The SMILES string of the molecule is O=C1c2ccc(Sc3ccc(C(F)(F)F)cc3)cc2C(=O)N1OS(=O)(=O)C(F)(F)F. The average Bonchev–Trinajstić information content (AvgIpc) is 2.85. The molecule has 0 unspecified atom stereocenters. The Morgan fingerprint density at radius 3 is 1.87 bits per heavy atom. The van der Waals surface area contributed by atoms with E-state index in [9.17, 15) is 44.3 Å². The maximum Gasteiger partial charge on any atom is 0.525 e. The molecule has 2 aromatic carbocycles. The van der Waals surface area contributed by atoms with Gasteiger partial charge < -0.3 is 0 Å². The highest BCUT2D eigenvalue weighted by atomic mass is 32.2. The lowest BCUT2D eigenvalue weighted by Crippen LogP contribution is -2.37. The van der Waals surface area contributed by atoms with E-state index in [2.05, 4.69) is 4.28 Å². The molecule has 0 saturated carbocycles. The van der Waals surface area contributed by atoms with Crippen molar-refractivity contribution in [1.82, 2.24) is 5.06 Å². The Balaban J connectivity index is 1.83. The van der Waals surface area contributed by atoms with Crippen molar-refractivity contribution in [1.29, 1.82) is 0 Å². The Morgan fingerprint density at radius 1 is 0.800 bits per heavy atom. The number of alkyl halides is 6. The fourth-order valence-electron chi connectivity index (χ4n) is 2.32. The zero-order valence-electron chi connectivity index (χ0n) is 14.1. The van der Waals surface area contributed by atoms with Crippen LogP contribution in [0.5, 0.6) is 0 Å². The number of halogens is 6. The number of hydroxylamine groups is 2. The second-order valence-corrected chi connectivity index (χ2v) is 8.38. The molecule has 14 heteroatoms. The second-order valence-electron chi connectivity index (χ2n) is 5.71. The van der Waals surface area contributed by atoms with E-state index < -0.39 is 55.4 Å². The molecule has 0 N–H and O–H groups in total. The van der Waals surface area contributed by atoms with Gasteiger partial charge in [0.2, 0.25) is 0 Å². The number of nitrogens with zero attached hydrogens (tertiary/aromatic N) is 1. The summed E-state index contributed by atoms with van der Waals surface area (Å²) in [5, 5.41) is -0.514. The molecule has 6 nitrogen and oxygen atoms in total. The van der Waals surface area contributed by atoms with Crippen molar-refractivity contribution >= 4 is 33.7 Å². The van der Waals surface area contributed by atoms with Gasteiger partial charge in [-0.05, 0) is 42.5 Å². The van der Waals surface area contributed by atoms with Crippen LogP contribution >= 0.6 is 11.8 Å². The van der Waals surface area contributed by atoms with Crippen LogP contribution in [0.3, 0.4) is 0 Å². The smallest absolute Gasteiger partial charge is 0.266 e. The summed E-state index contributed by atoms with van der Waals surface area (Å²) in [6.45, 7) is 0. The van der Waals surface area contributed by atoms with Gasteiger partial charge in [-0.2, -0.15) is 34.8 Å². The maximum atomic E-state index is 12.6. The van der Waals surface area contributed by atoms with E-state index in [4.69, 9.17) is 0 Å². The molecule has 0 radical (unpaired) electrons. The van der Waals surface area contributed by atoms with Gasteiger partial charge in [0.1, 0.15) is 0 Å². The van der Waals surface area contributed by atoms with Gasteiger partial charge in [0.05, 0.1) is 16.7 Å². The second kappa shape index (κ2) is 7.28. The lowest BCUT2D eigenvalue weighted by Gasteiger charge is -2.14. The Morgan fingerprint density at radius 2 is 1.33 bits per heavy atom. The van der Waals surface area contributed by atoms with Gasteiger partial charge in [0.15, 0.2) is 0 Å². The van der Waals surface area contributed by atoms with Crippen molar-refractivity contribution in [3.8, 4) is 0 Å². The molecule has 0 spiro atoms. The van der Waals surface area contributed by atoms with Crippen molar-refractivity contribution < 1.29 is 48.6 Å². The van der Waals surface area contributed by atoms with Crippen LogP contribution in [0.1, 0.15) is 26.3 Å². The monoisotopic (exact) mass is 471 g/mol. The molecule has 1 aliphatic rings. The molecular formula is C16H7F6NO5S2. The predicted octanol–water partition coefficient (Wildman–Crippen LogP) is 4.23. The number of fused-ring (bicyclic) bond motifs is 1. The lowest BCUT2D eigenvalue weighted by molar-refractivity contribution is -0.137. The molecule has 160 valence electrons. The van der Waals surface area contributed by atoms with Crippen LogP contribution in [0.4, 0.5) is 26.3 Å². The van der Waals surface area contributed by atoms with Crippen LogP contribution in [-0.4, -0.2) is 30.8 Å². The van der Waals surface area contributed by atoms with E-state index >= 15 is 0 Å². The summed E-state index contributed by atoms with van der Waals surface area (Å²) in [4.78, 5) is 24.8. The highest BCUT2D eigenvalue weighted by Gasteiger charge is 2.52. The van der Waals surface area contributed by atoms with E-state index in [1.165, 1.54) is 18.2 Å². The predicted molar refractivity (Wildman–Crippen MR) is 88.6 cm³/mol. The molecular weight excluding hydrogens is 464 g/mol. The maximum absolute atomic E-state index is 12.6. The van der Waals surface area contributed by atoms with Crippen LogP contribution in [-0.2, 0) is 20.6 Å². The molecule has 0 aliphatic carbocycles. The van der Waals surface area contributed by atoms with E-state index in [1.807, 2.05) is 0 Å². The third kappa shape index (κ3) is 4.15. The first-order valence-electron chi connectivity index (χ1n) is 7.59. The summed E-state index contributed by atoms with van der Waals surface area (Å²) in [6, 6.07) is 7.43. The van der Waals surface area contributed by atoms with Gasteiger partial charge in [0.25, 0.3) is 11.8 Å². The van der Waals surface area contributed by atoms with E-state index in [0.717, 1.165) is 36.0 Å². The minimum Gasteiger partial charge on any atom is -0.266 e. The van der Waals surface area contributed by atoms with Gasteiger partial charge in [0, 0.05) is 9.79 Å². The third-order valence-corrected chi connectivity index (χ3v) is 5.60. The van der Waals surface area contributed by atoms with Crippen LogP contribution in [0, 0.1) is 0 Å². The van der Waals surface area contributed by atoms with Crippen molar-refractivity contribution in [2.45, 2.75) is 21.5 Å². The Bertz CT molecular complexity index is 1130. The fraction of sp³-hybridized carbons (Fsp3) is 0.125. The molecule has 0 aromatic heterocycles. The van der Waals surface area contributed by atoms with Crippen LogP contribution in [0.2, 0.25) is 0 Å². The number of rotatable bonds is 4. The Labute approximate surface area is 168 Å². The summed E-state index contributed by atoms with van der Waals surface area (Å²) < 4.78 is 101. The highest BCUT2D eigenvalue weighted by molar-refractivity contribution is 7.99. The van der Waals surface area contributed by atoms with Gasteiger partial charge in [-0.1, -0.05) is 11.8 Å². The van der Waals surface area contributed by atoms with Crippen molar-refractivity contribution in [2.75, 3.05) is 0 Å². The number of carbonyl (C=O) groups excluding carboxylic acids is 2. The number of imide groups is 1. The minimum absolute atomic E-state index is 0.259. The van der Waals surface area contributed by atoms with Gasteiger partial charge in [-0.15, -0.1) is 9.35 Å². The molecule has 3 rings (SSSR count). The number of hydrogen-bond donors (Lipinski definition) is 0. The summed E-state index contributed by atoms with van der Waals surface area (Å²) >= 11 is 0.906. The van der Waals surface area contributed by atoms with Gasteiger partial charge in [-0.3, -0.25) is 9.59 Å². The first-order valence-corrected chi connectivity index (χ1v) is 9.82. The highest BCUT2D eigenvalue weighted by Crippen LogP contribution is 2.36. The van der Waals surface area contributed by atoms with Crippen LogP contribution < -0.4 is 0 Å². The van der Waals surface area contributed by atoms with E-state index in [1.54, 1.807) is 0 Å².